The molecule has 0 saturated heterocycles. The van der Waals surface area contributed by atoms with Crippen LogP contribution in [0, 0.1) is 0 Å². The molecule has 0 radical (unpaired) electrons. The van der Waals surface area contributed by atoms with Crippen molar-refractivity contribution in [3.05, 3.63) is 40.5 Å². The highest BCUT2D eigenvalue weighted by atomic mass is 35.5. The molecule has 0 aliphatic carbocycles. The summed E-state index contributed by atoms with van der Waals surface area (Å²) in [6.45, 7) is 4.18. The van der Waals surface area contributed by atoms with Gasteiger partial charge in [-0.15, -0.1) is 0 Å². The van der Waals surface area contributed by atoms with E-state index in [1.165, 1.54) is 6.07 Å². The molecule has 0 saturated carbocycles. The molecule has 1 N–H and O–H groups in total. The fraction of sp³-hybridized carbons (Fsp3) is 0.231. The van der Waals surface area contributed by atoms with Gasteiger partial charge in [-0.25, -0.2) is 9.78 Å². The number of hydrogen-bond donors (Lipinski definition) is 1. The number of fused-ring (bicyclic) bond motifs is 1. The van der Waals surface area contributed by atoms with Crippen molar-refractivity contribution in [2.45, 2.75) is 19.8 Å². The molecule has 4 heteroatoms. The van der Waals surface area contributed by atoms with Gasteiger partial charge >= 0.3 is 5.97 Å². The second kappa shape index (κ2) is 4.34. The van der Waals surface area contributed by atoms with Crippen molar-refractivity contribution in [1.82, 2.24) is 4.98 Å². The van der Waals surface area contributed by atoms with E-state index >= 15 is 0 Å². The monoisotopic (exact) mass is 249 g/mol. The average Bonchev–Trinajstić information content (AvgIpc) is 2.28. The van der Waals surface area contributed by atoms with Crippen LogP contribution in [0.3, 0.4) is 0 Å². The van der Waals surface area contributed by atoms with Crippen LogP contribution in [0.2, 0.25) is 5.02 Å². The van der Waals surface area contributed by atoms with Crippen molar-refractivity contribution in [2.75, 3.05) is 0 Å². The van der Waals surface area contributed by atoms with Crippen LogP contribution in [-0.2, 0) is 0 Å². The molecular weight excluding hydrogens is 238 g/mol. The number of pyridine rings is 1. The second-order valence-corrected chi connectivity index (χ2v) is 4.63. The van der Waals surface area contributed by atoms with Crippen molar-refractivity contribution in [2.24, 2.45) is 0 Å². The summed E-state index contributed by atoms with van der Waals surface area (Å²) in [5, 5.41) is 10.1. The first kappa shape index (κ1) is 11.9. The topological polar surface area (TPSA) is 50.2 Å². The first-order valence-electron chi connectivity index (χ1n) is 5.32. The third-order valence-electron chi connectivity index (χ3n) is 2.67. The smallest absolute Gasteiger partial charge is 0.354 e. The lowest BCUT2D eigenvalue weighted by Crippen LogP contribution is -2.00. The maximum Gasteiger partial charge on any atom is 0.354 e. The zero-order valence-electron chi connectivity index (χ0n) is 9.57. The number of carboxylic acid groups (broad SMARTS) is 1. The van der Waals surface area contributed by atoms with E-state index in [9.17, 15) is 4.79 Å². The van der Waals surface area contributed by atoms with Gasteiger partial charge in [0.1, 0.15) is 5.69 Å². The average molecular weight is 250 g/mol. The van der Waals surface area contributed by atoms with Crippen molar-refractivity contribution >= 4 is 28.5 Å². The van der Waals surface area contributed by atoms with Crippen molar-refractivity contribution in [3.63, 3.8) is 0 Å². The Kier molecular flexibility index (Phi) is 3.03. The van der Waals surface area contributed by atoms with E-state index in [0.29, 0.717) is 16.5 Å². The van der Waals surface area contributed by atoms with E-state index in [2.05, 4.69) is 18.8 Å². The highest BCUT2D eigenvalue weighted by molar-refractivity contribution is 6.35. The number of carbonyl (C=O) groups is 1. The highest BCUT2D eigenvalue weighted by Crippen LogP contribution is 2.26. The number of nitrogens with zero attached hydrogens (tertiary/aromatic N) is 1. The van der Waals surface area contributed by atoms with E-state index in [4.69, 9.17) is 16.7 Å². The lowest BCUT2D eigenvalue weighted by molar-refractivity contribution is 0.0691. The molecular formula is C13H12ClNO2. The summed E-state index contributed by atoms with van der Waals surface area (Å²) < 4.78 is 0. The number of aromatic carboxylic acids is 1. The van der Waals surface area contributed by atoms with Gasteiger partial charge < -0.3 is 5.11 Å². The standard InChI is InChI=1S/C13H12ClNO2/c1-7(2)8-3-4-11-9(5-8)10(14)6-12(15-11)13(16)17/h3-7H,1-2H3,(H,16,17). The lowest BCUT2D eigenvalue weighted by atomic mass is 10.0. The summed E-state index contributed by atoms with van der Waals surface area (Å²) in [6, 6.07) is 7.10. The molecule has 0 unspecified atom stereocenters. The van der Waals surface area contributed by atoms with Crippen LogP contribution in [0.1, 0.15) is 35.8 Å². The molecule has 0 bridgehead atoms. The number of carboxylic acids is 1. The Morgan fingerprint density at radius 3 is 2.65 bits per heavy atom. The molecule has 0 amide bonds. The SMILES string of the molecule is CC(C)c1ccc2nc(C(=O)O)cc(Cl)c2c1. The third kappa shape index (κ3) is 2.24. The van der Waals surface area contributed by atoms with Gasteiger partial charge in [-0.2, -0.15) is 0 Å². The molecule has 0 fully saturated rings. The Hall–Kier alpha value is -1.61. The van der Waals surface area contributed by atoms with Crippen LogP contribution in [0.4, 0.5) is 0 Å². The summed E-state index contributed by atoms with van der Waals surface area (Å²) in [7, 11) is 0. The second-order valence-electron chi connectivity index (χ2n) is 4.23. The number of aromatic nitrogens is 1. The Balaban J connectivity index is 2.68. The van der Waals surface area contributed by atoms with Crippen LogP contribution >= 0.6 is 11.6 Å². The van der Waals surface area contributed by atoms with Gasteiger partial charge in [0, 0.05) is 5.39 Å². The molecule has 1 aromatic heterocycles. The van der Waals surface area contributed by atoms with Gasteiger partial charge in [0.25, 0.3) is 0 Å². The number of hydrogen-bond acceptors (Lipinski definition) is 2. The molecule has 88 valence electrons. The molecule has 1 heterocycles. The zero-order valence-corrected chi connectivity index (χ0v) is 10.3. The first-order valence-corrected chi connectivity index (χ1v) is 5.70. The van der Waals surface area contributed by atoms with E-state index in [1.54, 1.807) is 0 Å². The summed E-state index contributed by atoms with van der Waals surface area (Å²) in [6.07, 6.45) is 0. The normalized spacial score (nSPS) is 11.1. The Morgan fingerprint density at radius 2 is 2.06 bits per heavy atom. The molecule has 0 aliphatic heterocycles. The van der Waals surface area contributed by atoms with Crippen molar-refractivity contribution in [3.8, 4) is 0 Å². The third-order valence-corrected chi connectivity index (χ3v) is 2.98. The van der Waals surface area contributed by atoms with Crippen molar-refractivity contribution in [1.29, 1.82) is 0 Å². The maximum atomic E-state index is 10.9. The fourth-order valence-corrected chi connectivity index (χ4v) is 1.93. The Bertz CT molecular complexity index is 593. The van der Waals surface area contributed by atoms with Crippen LogP contribution in [-0.4, -0.2) is 16.1 Å². The fourth-order valence-electron chi connectivity index (χ4n) is 1.67. The molecule has 1 aromatic carbocycles. The largest absolute Gasteiger partial charge is 0.477 e. The summed E-state index contributed by atoms with van der Waals surface area (Å²) in [5.41, 5.74) is 1.74. The molecule has 3 nitrogen and oxygen atoms in total. The molecule has 2 aromatic rings. The first-order chi connectivity index (χ1) is 7.99. The van der Waals surface area contributed by atoms with E-state index in [1.807, 2.05) is 18.2 Å². The van der Waals surface area contributed by atoms with Gasteiger partial charge in [0.15, 0.2) is 0 Å². The molecule has 0 atom stereocenters. The summed E-state index contributed by atoms with van der Waals surface area (Å²) in [4.78, 5) is 14.9. The maximum absolute atomic E-state index is 10.9. The molecule has 17 heavy (non-hydrogen) atoms. The number of halogens is 1. The molecule has 0 aliphatic rings. The summed E-state index contributed by atoms with van der Waals surface area (Å²) >= 11 is 6.08. The van der Waals surface area contributed by atoms with Gasteiger partial charge in [0.2, 0.25) is 0 Å². The zero-order chi connectivity index (χ0) is 12.6. The molecule has 0 spiro atoms. The van der Waals surface area contributed by atoms with Crippen LogP contribution in [0.5, 0.6) is 0 Å². The minimum Gasteiger partial charge on any atom is -0.477 e. The van der Waals surface area contributed by atoms with Gasteiger partial charge in [-0.05, 0) is 29.7 Å². The van der Waals surface area contributed by atoms with Gasteiger partial charge in [-0.3, -0.25) is 0 Å². The number of rotatable bonds is 2. The van der Waals surface area contributed by atoms with Crippen LogP contribution in [0.15, 0.2) is 24.3 Å². The summed E-state index contributed by atoms with van der Waals surface area (Å²) in [5.74, 6) is -0.670. The lowest BCUT2D eigenvalue weighted by Gasteiger charge is -2.08. The predicted molar refractivity (Wildman–Crippen MR) is 67.8 cm³/mol. The number of benzene rings is 1. The highest BCUT2D eigenvalue weighted by Gasteiger charge is 2.10. The van der Waals surface area contributed by atoms with E-state index in [-0.39, 0.29) is 5.69 Å². The van der Waals surface area contributed by atoms with Gasteiger partial charge in [-0.1, -0.05) is 31.5 Å². The molecule has 2 rings (SSSR count). The predicted octanol–water partition coefficient (Wildman–Crippen LogP) is 3.71. The minimum absolute atomic E-state index is 0.0280. The van der Waals surface area contributed by atoms with E-state index in [0.717, 1.165) is 10.9 Å². The Morgan fingerprint density at radius 1 is 1.35 bits per heavy atom. The van der Waals surface area contributed by atoms with Gasteiger partial charge in [0.05, 0.1) is 10.5 Å². The van der Waals surface area contributed by atoms with Crippen LogP contribution < -0.4 is 0 Å². The van der Waals surface area contributed by atoms with Crippen molar-refractivity contribution < 1.29 is 9.90 Å². The minimum atomic E-state index is -1.07. The Labute approximate surface area is 104 Å². The van der Waals surface area contributed by atoms with E-state index < -0.39 is 5.97 Å². The quantitative estimate of drug-likeness (QED) is 0.883. The van der Waals surface area contributed by atoms with Crippen LogP contribution in [0.25, 0.3) is 10.9 Å².